The van der Waals surface area contributed by atoms with Gasteiger partial charge in [0.1, 0.15) is 0 Å². The minimum atomic E-state index is -0.774. The summed E-state index contributed by atoms with van der Waals surface area (Å²) >= 11 is 0. The van der Waals surface area contributed by atoms with Crippen molar-refractivity contribution < 1.29 is 15.4 Å². The lowest BCUT2D eigenvalue weighted by molar-refractivity contribution is -0.121. The smallest absolute Gasteiger partial charge is 0.384 e. The maximum Gasteiger partial charge on any atom is 0.434 e. The van der Waals surface area contributed by atoms with E-state index in [1.54, 1.807) is 0 Å². The first-order chi connectivity index (χ1) is 11.0. The largest absolute Gasteiger partial charge is 0.434 e. The van der Waals surface area contributed by atoms with Crippen LogP contribution < -0.4 is 11.1 Å². The van der Waals surface area contributed by atoms with Crippen LogP contribution >= 0.6 is 0 Å². The second-order valence-electron chi connectivity index (χ2n) is 6.72. The van der Waals surface area contributed by atoms with Gasteiger partial charge < -0.3 is 9.73 Å². The Labute approximate surface area is 136 Å². The number of aromatic nitrogens is 2. The number of carbonyl (C=O) groups is 2. The molecule has 0 aliphatic heterocycles. The highest BCUT2D eigenvalue weighted by Crippen LogP contribution is 2.28. The number of carbonyl (C=O) groups excluding carboxylic acids is 2. The van der Waals surface area contributed by atoms with Crippen LogP contribution in [0.5, 0.6) is 0 Å². The molecule has 1 amide bonds. The number of Topliss-reactive ketones (excluding diaryl/α,β-unsaturated/α-hetero) is 1. The first-order valence-electron chi connectivity index (χ1n) is 8.34. The predicted molar refractivity (Wildman–Crippen MR) is 86.1 cm³/mol. The molecular weight excluding hydrogens is 298 g/mol. The van der Waals surface area contributed by atoms with E-state index in [1.807, 2.05) is 13.8 Å². The van der Waals surface area contributed by atoms with E-state index >= 15 is 0 Å². The molecule has 0 spiro atoms. The Kier molecular flexibility index (Phi) is 6.12. The normalized spacial score (nSPS) is 16.7. The molecule has 7 nitrogen and oxygen atoms in total. The second kappa shape index (κ2) is 8.08. The van der Waals surface area contributed by atoms with Crippen molar-refractivity contribution in [1.29, 1.82) is 0 Å². The fourth-order valence-electron chi connectivity index (χ4n) is 3.09. The van der Waals surface area contributed by atoms with Gasteiger partial charge in [0.25, 0.3) is 5.89 Å². The Morgan fingerprint density at radius 1 is 1.39 bits per heavy atom. The van der Waals surface area contributed by atoms with Gasteiger partial charge in [0.15, 0.2) is 0 Å². The lowest BCUT2D eigenvalue weighted by atomic mass is 9.98. The summed E-state index contributed by atoms with van der Waals surface area (Å²) < 4.78 is 4.71. The minimum Gasteiger partial charge on any atom is -0.384 e. The number of H-pyrrole nitrogens is 1. The van der Waals surface area contributed by atoms with E-state index in [4.69, 9.17) is 4.42 Å². The van der Waals surface area contributed by atoms with Crippen LogP contribution in [0.1, 0.15) is 70.9 Å². The van der Waals surface area contributed by atoms with Gasteiger partial charge in [-0.3, -0.25) is 9.59 Å². The summed E-state index contributed by atoms with van der Waals surface area (Å²) in [7, 11) is 0. The zero-order chi connectivity index (χ0) is 16.8. The summed E-state index contributed by atoms with van der Waals surface area (Å²) in [4.78, 5) is 35.5. The van der Waals surface area contributed by atoms with Crippen molar-refractivity contribution in [3.8, 4) is 0 Å². The molecule has 1 fully saturated rings. The van der Waals surface area contributed by atoms with Crippen LogP contribution in [0.2, 0.25) is 0 Å². The molecular formula is C16H27N3O4. The summed E-state index contributed by atoms with van der Waals surface area (Å²) in [5.41, 5.74) is 0. The Hall–Kier alpha value is -1.92. The lowest BCUT2D eigenvalue weighted by Crippen LogP contribution is -2.42. The summed E-state index contributed by atoms with van der Waals surface area (Å²) in [6.45, 7) is 3.93. The molecule has 23 heavy (non-hydrogen) atoms. The number of rotatable bonds is 8. The van der Waals surface area contributed by atoms with Gasteiger partial charge in [-0.2, -0.15) is 0 Å². The van der Waals surface area contributed by atoms with Crippen LogP contribution in [0.3, 0.4) is 0 Å². The van der Waals surface area contributed by atoms with E-state index < -0.39 is 17.6 Å². The van der Waals surface area contributed by atoms with Crippen LogP contribution in [0, 0.1) is 11.8 Å². The number of nitrogens with one attached hydrogen (secondary N) is 2. The Morgan fingerprint density at radius 2 is 2.09 bits per heavy atom. The van der Waals surface area contributed by atoms with E-state index in [0.29, 0.717) is 18.8 Å². The molecule has 1 aliphatic rings. The summed E-state index contributed by atoms with van der Waals surface area (Å²) in [6.07, 6.45) is 6.66. The van der Waals surface area contributed by atoms with Crippen molar-refractivity contribution >= 4 is 11.7 Å². The van der Waals surface area contributed by atoms with Crippen LogP contribution in [0.4, 0.5) is 0 Å². The third-order valence-corrected chi connectivity index (χ3v) is 4.26. The summed E-state index contributed by atoms with van der Waals surface area (Å²) in [5, 5.41) is 8.40. The highest BCUT2D eigenvalue weighted by atomic mass is 16.4. The molecule has 1 saturated carbocycles. The van der Waals surface area contributed by atoms with Gasteiger partial charge in [-0.05, 0) is 24.7 Å². The lowest BCUT2D eigenvalue weighted by Gasteiger charge is -2.18. The quantitative estimate of drug-likeness (QED) is 0.713. The molecule has 1 heterocycles. The molecule has 1 aromatic heterocycles. The average molecular weight is 325 g/mol. The first kappa shape index (κ1) is 17.4. The maximum absolute atomic E-state index is 12.4. The number of amides is 1. The van der Waals surface area contributed by atoms with Crippen molar-refractivity contribution in [3.05, 3.63) is 16.4 Å². The molecule has 0 radical (unpaired) electrons. The van der Waals surface area contributed by atoms with Crippen LogP contribution in [0.15, 0.2) is 9.21 Å². The molecule has 0 saturated heterocycles. The van der Waals surface area contributed by atoms with Gasteiger partial charge in [0, 0.05) is 7.85 Å². The topological polar surface area (TPSA) is 105 Å². The van der Waals surface area contributed by atoms with Crippen LogP contribution in [-0.4, -0.2) is 27.9 Å². The predicted octanol–water partition coefficient (Wildman–Crippen LogP) is 2.29. The summed E-state index contributed by atoms with van der Waals surface area (Å²) in [6, 6.07) is -0.711. The number of hydrogen-bond acceptors (Lipinski definition) is 5. The van der Waals surface area contributed by atoms with Gasteiger partial charge in [0.05, 0.1) is 6.04 Å². The van der Waals surface area contributed by atoms with Crippen LogP contribution in [-0.2, 0) is 4.79 Å². The molecule has 1 aliphatic carbocycles. The molecule has 7 heteroatoms. The third-order valence-electron chi connectivity index (χ3n) is 4.26. The fraction of sp³-hybridized carbons (Fsp3) is 0.750. The molecule has 1 aromatic rings. The zero-order valence-electron chi connectivity index (χ0n) is 13.8. The zero-order valence-corrected chi connectivity index (χ0v) is 13.8. The Morgan fingerprint density at radius 3 is 2.65 bits per heavy atom. The van der Waals surface area contributed by atoms with Gasteiger partial charge in [-0.15, -0.1) is 5.10 Å². The highest BCUT2D eigenvalue weighted by molar-refractivity contribution is 5.98. The number of ketones is 1. The highest BCUT2D eigenvalue weighted by Gasteiger charge is 2.27. The van der Waals surface area contributed by atoms with Crippen molar-refractivity contribution in [1.82, 2.24) is 15.5 Å². The monoisotopic (exact) mass is 325 g/mol. The molecule has 2 rings (SSSR count). The second-order valence-corrected chi connectivity index (χ2v) is 6.72. The summed E-state index contributed by atoms with van der Waals surface area (Å²) in [5.74, 6) is -0.810. The molecule has 2 N–H and O–H groups in total. The van der Waals surface area contributed by atoms with E-state index in [2.05, 4.69) is 15.5 Å². The average Bonchev–Trinajstić information content (AvgIpc) is 3.14. The van der Waals surface area contributed by atoms with Gasteiger partial charge in [0.2, 0.25) is 11.7 Å². The van der Waals surface area contributed by atoms with Gasteiger partial charge in [-0.1, -0.05) is 39.5 Å². The van der Waals surface area contributed by atoms with E-state index in [0.717, 1.165) is 6.42 Å². The van der Waals surface area contributed by atoms with E-state index in [1.165, 1.54) is 25.7 Å². The third kappa shape index (κ3) is 5.33. The van der Waals surface area contributed by atoms with Crippen molar-refractivity contribution in [2.75, 3.05) is 0 Å². The first-order valence-corrected chi connectivity index (χ1v) is 8.34. The van der Waals surface area contributed by atoms with Crippen molar-refractivity contribution in [2.45, 2.75) is 64.8 Å². The van der Waals surface area contributed by atoms with Gasteiger partial charge in [-0.25, -0.2) is 9.89 Å². The van der Waals surface area contributed by atoms with E-state index in [-0.39, 0.29) is 19.1 Å². The van der Waals surface area contributed by atoms with Crippen molar-refractivity contribution in [3.63, 3.8) is 0 Å². The molecule has 0 bridgehead atoms. The fourth-order valence-corrected chi connectivity index (χ4v) is 3.09. The van der Waals surface area contributed by atoms with E-state index in [9.17, 15) is 14.4 Å². The number of aromatic amines is 1. The molecule has 130 valence electrons. The van der Waals surface area contributed by atoms with Crippen LogP contribution in [0.25, 0.3) is 0 Å². The van der Waals surface area contributed by atoms with Crippen molar-refractivity contribution in [2.24, 2.45) is 11.8 Å². The maximum atomic E-state index is 12.4. The molecule has 0 unspecified atom stereocenters. The number of nitrogens with zero attached hydrogens (tertiary/aromatic N) is 1. The molecule has 0 aromatic carbocycles. The Bertz CT molecular complexity index is 590. The SMILES string of the molecule is CC(C)C[C@H](NC(=O)CCC1CCCC1)C(=O)c1n[nH]c(=O)o1.[HH]. The Balaban J connectivity index is 0.00000288. The number of hydrogen-bond donors (Lipinski definition) is 2. The molecule has 1 atom stereocenters. The van der Waals surface area contributed by atoms with Gasteiger partial charge >= 0.3 is 5.76 Å². The standard InChI is InChI=1S/C16H25N3O4.H2/c1-10(2)9-12(14(21)15-18-19-16(22)23-15)17-13(20)8-7-11-5-3-4-6-11;/h10-12H,3-9H2,1-2H3,(H,17,20)(H,19,22);1H/t12-;/m0./s1. The minimum absolute atomic E-state index is 0.